The predicted molar refractivity (Wildman–Crippen MR) is 145 cm³/mol. The summed E-state index contributed by atoms with van der Waals surface area (Å²) in [7, 11) is 0. The molecular formula is C28H42ClN5O5. The summed E-state index contributed by atoms with van der Waals surface area (Å²) in [5.74, 6) is -0.944. The number of halogens is 1. The van der Waals surface area contributed by atoms with Gasteiger partial charge in [0.1, 0.15) is 0 Å². The molecule has 7 unspecified atom stereocenters. The summed E-state index contributed by atoms with van der Waals surface area (Å²) in [4.78, 5) is 46.0. The minimum atomic E-state index is -0.302. The summed E-state index contributed by atoms with van der Waals surface area (Å²) in [6.45, 7) is 5.97. The van der Waals surface area contributed by atoms with Gasteiger partial charge in [-0.1, -0.05) is 0 Å². The maximum absolute atomic E-state index is 13.9. The Hall–Kier alpha value is -1.72. The molecule has 2 amide bonds. The minimum Gasteiger partial charge on any atom is -0.379 e. The van der Waals surface area contributed by atoms with Gasteiger partial charge < -0.3 is 30.3 Å². The molecule has 0 bridgehead atoms. The van der Waals surface area contributed by atoms with Crippen LogP contribution in [0.25, 0.3) is 0 Å². The van der Waals surface area contributed by atoms with E-state index in [1.54, 1.807) is 0 Å². The second kappa shape index (κ2) is 11.6. The third-order valence-electron chi connectivity index (χ3n) is 9.98. The Kier molecular flexibility index (Phi) is 8.19. The molecule has 3 saturated heterocycles. The van der Waals surface area contributed by atoms with Gasteiger partial charge >= 0.3 is 0 Å². The van der Waals surface area contributed by atoms with Crippen molar-refractivity contribution in [1.29, 1.82) is 0 Å². The zero-order chi connectivity index (χ0) is 27.1. The quantitative estimate of drug-likeness (QED) is 0.354. The first-order valence-corrected chi connectivity index (χ1v) is 15.3. The van der Waals surface area contributed by atoms with Crippen molar-refractivity contribution in [1.82, 2.24) is 20.0 Å². The number of primary amides is 1. The Morgan fingerprint density at radius 3 is 2.54 bits per heavy atom. The van der Waals surface area contributed by atoms with Gasteiger partial charge in [-0.2, -0.15) is 0 Å². The third-order valence-corrected chi connectivity index (χ3v) is 10.4. The van der Waals surface area contributed by atoms with Crippen LogP contribution in [-0.4, -0.2) is 120 Å². The summed E-state index contributed by atoms with van der Waals surface area (Å²) < 4.78 is 12.1. The molecule has 0 radical (unpaired) electrons. The Labute approximate surface area is 235 Å². The highest BCUT2D eigenvalue weighted by atomic mass is 35.5. The zero-order valence-corrected chi connectivity index (χ0v) is 23.4. The van der Waals surface area contributed by atoms with E-state index in [0.717, 1.165) is 71.2 Å². The lowest BCUT2D eigenvalue weighted by molar-refractivity contribution is -0.188. The standard InChI is InChI=1S/C28H42ClN5O5/c29-18-1-2-23-22(13-18)34-16-21(28(37)31-5-8-32-9-11-38-12-10-32)26(35)20-14-19(15-24(39-23)25(20)34)33-6-3-17(4-7-33)27(30)36/h16-20,22-25H,1-15H2,(H2,30,36)(H,31,37). The largest absolute Gasteiger partial charge is 0.379 e. The summed E-state index contributed by atoms with van der Waals surface area (Å²) in [5.41, 5.74) is 5.83. The summed E-state index contributed by atoms with van der Waals surface area (Å²) in [5, 5.41) is 3.10. The molecule has 7 atom stereocenters. The average molecular weight is 564 g/mol. The summed E-state index contributed by atoms with van der Waals surface area (Å²) >= 11 is 6.61. The number of carbonyl (C=O) groups is 3. The Morgan fingerprint density at radius 1 is 1.03 bits per heavy atom. The first kappa shape index (κ1) is 27.4. The van der Waals surface area contributed by atoms with Crippen LogP contribution in [0.15, 0.2) is 11.8 Å². The highest BCUT2D eigenvalue weighted by molar-refractivity contribution is 6.21. The minimum absolute atomic E-state index is 0.0522. The Morgan fingerprint density at radius 2 is 1.79 bits per heavy atom. The molecule has 3 N–H and O–H groups in total. The van der Waals surface area contributed by atoms with Gasteiger partial charge in [-0.25, -0.2) is 0 Å². The number of nitrogens with one attached hydrogen (secondary N) is 1. The van der Waals surface area contributed by atoms with Crippen molar-refractivity contribution in [2.45, 2.75) is 80.7 Å². The second-order valence-electron chi connectivity index (χ2n) is 12.2. The molecule has 6 rings (SSSR count). The molecular weight excluding hydrogens is 522 g/mol. The van der Waals surface area contributed by atoms with Crippen molar-refractivity contribution in [3.8, 4) is 0 Å². The molecule has 10 nitrogen and oxygen atoms in total. The molecule has 4 heterocycles. The molecule has 2 aliphatic carbocycles. The number of hydrogen-bond acceptors (Lipinski definition) is 8. The number of carbonyl (C=O) groups excluding carboxylic acids is 3. The van der Waals surface area contributed by atoms with Gasteiger partial charge in [-0.15, -0.1) is 11.6 Å². The van der Waals surface area contributed by atoms with Gasteiger partial charge in [-0.3, -0.25) is 19.3 Å². The van der Waals surface area contributed by atoms with Crippen LogP contribution in [0.2, 0.25) is 0 Å². The fraction of sp³-hybridized carbons (Fsp3) is 0.821. The maximum atomic E-state index is 13.9. The lowest BCUT2D eigenvalue weighted by Gasteiger charge is -2.59. The average Bonchev–Trinajstić information content (AvgIpc) is 2.95. The van der Waals surface area contributed by atoms with Crippen LogP contribution in [0.4, 0.5) is 0 Å². The molecule has 6 aliphatic rings. The SMILES string of the molecule is NC(=O)C1CCN(C2CC3OC4CCC(Cl)CC4N4C=C(C(=O)NCCN5CCOCC5)C(=O)C(C2)C34)CC1. The van der Waals surface area contributed by atoms with E-state index in [9.17, 15) is 14.4 Å². The van der Waals surface area contributed by atoms with Gasteiger partial charge in [0.15, 0.2) is 5.78 Å². The lowest BCUT2D eigenvalue weighted by Crippen LogP contribution is -2.69. The number of piperidine rings is 1. The molecule has 216 valence electrons. The molecule has 0 aromatic rings. The van der Waals surface area contributed by atoms with E-state index >= 15 is 0 Å². The van der Waals surface area contributed by atoms with Gasteiger partial charge in [0.2, 0.25) is 5.91 Å². The Balaban J connectivity index is 1.20. The van der Waals surface area contributed by atoms with E-state index in [1.807, 2.05) is 6.20 Å². The normalized spacial score (nSPS) is 38.0. The number of ketones is 1. The van der Waals surface area contributed by atoms with Crippen molar-refractivity contribution in [3.05, 3.63) is 11.8 Å². The topological polar surface area (TPSA) is 117 Å². The van der Waals surface area contributed by atoms with Crippen LogP contribution in [0.1, 0.15) is 44.9 Å². The van der Waals surface area contributed by atoms with Gasteiger partial charge in [0.25, 0.3) is 5.91 Å². The molecule has 0 spiro atoms. The zero-order valence-electron chi connectivity index (χ0n) is 22.6. The van der Waals surface area contributed by atoms with Crippen LogP contribution in [0.5, 0.6) is 0 Å². The van der Waals surface area contributed by atoms with E-state index in [0.29, 0.717) is 26.2 Å². The monoisotopic (exact) mass is 563 g/mol. The first-order valence-electron chi connectivity index (χ1n) is 14.8. The molecule has 39 heavy (non-hydrogen) atoms. The van der Waals surface area contributed by atoms with Crippen LogP contribution in [0.3, 0.4) is 0 Å². The fourth-order valence-electron chi connectivity index (χ4n) is 7.84. The van der Waals surface area contributed by atoms with Crippen molar-refractivity contribution in [2.24, 2.45) is 17.6 Å². The highest BCUT2D eigenvalue weighted by Crippen LogP contribution is 2.46. The van der Waals surface area contributed by atoms with Crippen LogP contribution < -0.4 is 11.1 Å². The number of likely N-dealkylation sites (tertiary alicyclic amines) is 1. The van der Waals surface area contributed by atoms with E-state index in [4.69, 9.17) is 26.8 Å². The maximum Gasteiger partial charge on any atom is 0.256 e. The van der Waals surface area contributed by atoms with E-state index in [-0.39, 0.29) is 70.7 Å². The van der Waals surface area contributed by atoms with E-state index < -0.39 is 0 Å². The van der Waals surface area contributed by atoms with E-state index in [2.05, 4.69) is 20.0 Å². The van der Waals surface area contributed by atoms with Gasteiger partial charge in [0, 0.05) is 55.6 Å². The van der Waals surface area contributed by atoms with Crippen LogP contribution in [0, 0.1) is 11.8 Å². The number of nitrogens with zero attached hydrogens (tertiary/aromatic N) is 3. The fourth-order valence-corrected chi connectivity index (χ4v) is 8.15. The number of rotatable bonds is 6. The second-order valence-corrected chi connectivity index (χ2v) is 12.8. The van der Waals surface area contributed by atoms with Crippen molar-refractivity contribution in [2.75, 3.05) is 52.5 Å². The molecule has 2 saturated carbocycles. The summed E-state index contributed by atoms with van der Waals surface area (Å²) in [6.07, 6.45) is 7.49. The Bertz CT molecular complexity index is 981. The molecule has 0 aromatic heterocycles. The number of nitrogens with two attached hydrogens (primary N) is 1. The number of morpholine rings is 2. The van der Waals surface area contributed by atoms with Gasteiger partial charge in [0.05, 0.1) is 43.1 Å². The molecule has 0 aromatic carbocycles. The smallest absolute Gasteiger partial charge is 0.256 e. The van der Waals surface area contributed by atoms with Crippen LogP contribution >= 0.6 is 11.6 Å². The van der Waals surface area contributed by atoms with Crippen molar-refractivity contribution < 1.29 is 23.9 Å². The van der Waals surface area contributed by atoms with E-state index in [1.165, 1.54) is 0 Å². The number of Topliss-reactive ketones (excluding diaryl/α,β-unsaturated/α-hetero) is 1. The lowest BCUT2D eigenvalue weighted by atomic mass is 9.70. The van der Waals surface area contributed by atoms with Gasteiger partial charge in [-0.05, 0) is 58.0 Å². The number of amides is 2. The third kappa shape index (κ3) is 5.60. The number of alkyl halides is 1. The number of hydrogen-bond donors (Lipinski definition) is 2. The molecule has 5 fully saturated rings. The van der Waals surface area contributed by atoms with Crippen LogP contribution in [-0.2, 0) is 23.9 Å². The number of fused-ring (bicyclic) bond motifs is 2. The predicted octanol–water partition coefficient (Wildman–Crippen LogP) is 0.475. The first-order chi connectivity index (χ1) is 18.9. The molecule has 11 heteroatoms. The summed E-state index contributed by atoms with van der Waals surface area (Å²) in [6, 6.07) is 0.197. The van der Waals surface area contributed by atoms with Crippen molar-refractivity contribution in [3.63, 3.8) is 0 Å². The highest BCUT2D eigenvalue weighted by Gasteiger charge is 2.56. The molecule has 4 aliphatic heterocycles. The number of ether oxygens (including phenoxy) is 2. The van der Waals surface area contributed by atoms with Crippen molar-refractivity contribution >= 4 is 29.2 Å².